The zero-order valence-electron chi connectivity index (χ0n) is 12.1. The molecule has 0 saturated heterocycles. The summed E-state index contributed by atoms with van der Waals surface area (Å²) >= 11 is 0. The van der Waals surface area contributed by atoms with E-state index in [-0.39, 0.29) is 5.69 Å². The van der Waals surface area contributed by atoms with Crippen molar-refractivity contribution in [1.82, 2.24) is 9.38 Å². The van der Waals surface area contributed by atoms with Crippen LogP contribution >= 0.6 is 0 Å². The summed E-state index contributed by atoms with van der Waals surface area (Å²) in [6.07, 6.45) is 9.46. The minimum Gasteiger partial charge on any atom is -0.476 e. The topological polar surface area (TPSA) is 66.6 Å². The van der Waals surface area contributed by atoms with Crippen molar-refractivity contribution in [2.45, 2.75) is 38.5 Å². The number of rotatable bonds is 5. The molecular formula is C16H21N3O2. The second-order valence-electron chi connectivity index (χ2n) is 5.76. The van der Waals surface area contributed by atoms with Gasteiger partial charge in [-0.2, -0.15) is 0 Å². The van der Waals surface area contributed by atoms with Crippen molar-refractivity contribution in [2.75, 3.05) is 11.9 Å². The highest BCUT2D eigenvalue weighted by Crippen LogP contribution is 2.26. The number of pyridine rings is 1. The summed E-state index contributed by atoms with van der Waals surface area (Å²) < 4.78 is 1.62. The van der Waals surface area contributed by atoms with E-state index in [2.05, 4.69) is 10.3 Å². The molecule has 0 radical (unpaired) electrons. The van der Waals surface area contributed by atoms with E-state index in [4.69, 9.17) is 0 Å². The molecule has 1 aliphatic carbocycles. The highest BCUT2D eigenvalue weighted by Gasteiger charge is 2.19. The van der Waals surface area contributed by atoms with Crippen molar-refractivity contribution in [1.29, 1.82) is 0 Å². The number of carbonyl (C=O) groups is 1. The van der Waals surface area contributed by atoms with Crippen molar-refractivity contribution in [2.24, 2.45) is 5.92 Å². The summed E-state index contributed by atoms with van der Waals surface area (Å²) in [5, 5.41) is 12.6. The van der Waals surface area contributed by atoms with E-state index >= 15 is 0 Å². The van der Waals surface area contributed by atoms with Gasteiger partial charge in [-0.25, -0.2) is 9.78 Å². The van der Waals surface area contributed by atoms with Gasteiger partial charge in [0.25, 0.3) is 0 Å². The first kappa shape index (κ1) is 13.9. The first-order valence-corrected chi connectivity index (χ1v) is 7.70. The predicted octanol–water partition coefficient (Wildman–Crippen LogP) is 3.41. The van der Waals surface area contributed by atoms with Gasteiger partial charge in [-0.15, -0.1) is 0 Å². The van der Waals surface area contributed by atoms with Crippen LogP contribution in [-0.2, 0) is 0 Å². The zero-order chi connectivity index (χ0) is 14.7. The number of imidazole rings is 1. The van der Waals surface area contributed by atoms with Crippen LogP contribution in [0.2, 0.25) is 0 Å². The van der Waals surface area contributed by atoms with Crippen LogP contribution in [0, 0.1) is 5.92 Å². The van der Waals surface area contributed by atoms with Crippen LogP contribution in [0.1, 0.15) is 49.0 Å². The van der Waals surface area contributed by atoms with Crippen LogP contribution in [0.5, 0.6) is 0 Å². The van der Waals surface area contributed by atoms with Crippen LogP contribution in [0.25, 0.3) is 5.65 Å². The maximum absolute atomic E-state index is 11.5. The normalized spacial score (nSPS) is 16.2. The Morgan fingerprint density at radius 1 is 1.33 bits per heavy atom. The molecule has 112 valence electrons. The van der Waals surface area contributed by atoms with E-state index in [0.717, 1.165) is 18.9 Å². The van der Waals surface area contributed by atoms with Crippen molar-refractivity contribution < 1.29 is 9.90 Å². The summed E-state index contributed by atoms with van der Waals surface area (Å²) in [4.78, 5) is 15.8. The highest BCUT2D eigenvalue weighted by molar-refractivity contribution is 5.92. The third-order valence-electron chi connectivity index (χ3n) is 4.30. The summed E-state index contributed by atoms with van der Waals surface area (Å²) in [5.41, 5.74) is 0.879. The Balaban J connectivity index is 1.71. The van der Waals surface area contributed by atoms with Crippen LogP contribution in [0.15, 0.2) is 24.4 Å². The molecule has 0 unspecified atom stereocenters. The second-order valence-corrected chi connectivity index (χ2v) is 5.76. The van der Waals surface area contributed by atoms with E-state index in [9.17, 15) is 9.90 Å². The Kier molecular flexibility index (Phi) is 4.08. The molecule has 5 nitrogen and oxygen atoms in total. The molecule has 2 heterocycles. The largest absolute Gasteiger partial charge is 0.476 e. The molecule has 0 spiro atoms. The third-order valence-corrected chi connectivity index (χ3v) is 4.30. The van der Waals surface area contributed by atoms with E-state index in [0.29, 0.717) is 11.5 Å². The number of fused-ring (bicyclic) bond motifs is 1. The van der Waals surface area contributed by atoms with Gasteiger partial charge >= 0.3 is 5.97 Å². The fourth-order valence-corrected chi connectivity index (χ4v) is 3.19. The Morgan fingerprint density at radius 3 is 2.90 bits per heavy atom. The standard InChI is InChI=1S/C16H21N3O2/c20-16(21)14-15(18-13-8-4-5-11-19(13)14)17-10-9-12-6-2-1-3-7-12/h4-5,8,11-12,17H,1-3,6-7,9-10H2,(H,20,21). The van der Waals surface area contributed by atoms with Gasteiger partial charge in [-0.3, -0.25) is 4.40 Å². The van der Waals surface area contributed by atoms with Gasteiger partial charge in [0.1, 0.15) is 5.65 Å². The van der Waals surface area contributed by atoms with E-state index in [1.807, 2.05) is 18.2 Å². The SMILES string of the molecule is O=C(O)c1c(NCCC2CCCCC2)nc2ccccn12. The summed E-state index contributed by atoms with van der Waals surface area (Å²) in [6.45, 7) is 0.787. The maximum atomic E-state index is 11.5. The molecular weight excluding hydrogens is 266 g/mol. The van der Waals surface area contributed by atoms with E-state index in [1.165, 1.54) is 32.1 Å². The number of nitrogens with one attached hydrogen (secondary N) is 1. The lowest BCUT2D eigenvalue weighted by atomic mass is 9.87. The quantitative estimate of drug-likeness (QED) is 0.884. The third kappa shape index (κ3) is 3.01. The zero-order valence-corrected chi connectivity index (χ0v) is 12.1. The number of hydrogen-bond acceptors (Lipinski definition) is 3. The van der Waals surface area contributed by atoms with Crippen molar-refractivity contribution in [3.63, 3.8) is 0 Å². The molecule has 3 rings (SSSR count). The molecule has 2 aromatic heterocycles. The molecule has 0 aromatic carbocycles. The number of carboxylic acid groups (broad SMARTS) is 1. The Bertz CT molecular complexity index is 629. The van der Waals surface area contributed by atoms with Crippen LogP contribution in [-0.4, -0.2) is 27.0 Å². The lowest BCUT2D eigenvalue weighted by Crippen LogP contribution is -2.14. The predicted molar refractivity (Wildman–Crippen MR) is 81.8 cm³/mol. The Labute approximate surface area is 124 Å². The smallest absolute Gasteiger partial charge is 0.356 e. The van der Waals surface area contributed by atoms with Crippen molar-refractivity contribution >= 4 is 17.4 Å². The van der Waals surface area contributed by atoms with Gasteiger partial charge in [-0.05, 0) is 24.5 Å². The summed E-state index contributed by atoms with van der Waals surface area (Å²) in [5.74, 6) is 0.301. The Hall–Kier alpha value is -2.04. The summed E-state index contributed by atoms with van der Waals surface area (Å²) in [6, 6.07) is 5.49. The van der Waals surface area contributed by atoms with Gasteiger partial charge in [0.15, 0.2) is 11.5 Å². The van der Waals surface area contributed by atoms with Gasteiger partial charge in [0.05, 0.1) is 0 Å². The average Bonchev–Trinajstić information content (AvgIpc) is 2.86. The van der Waals surface area contributed by atoms with Crippen molar-refractivity contribution in [3.05, 3.63) is 30.1 Å². The van der Waals surface area contributed by atoms with Crippen molar-refractivity contribution in [3.8, 4) is 0 Å². The summed E-state index contributed by atoms with van der Waals surface area (Å²) in [7, 11) is 0. The molecule has 0 amide bonds. The van der Waals surface area contributed by atoms with E-state index < -0.39 is 5.97 Å². The molecule has 1 fully saturated rings. The number of aromatic nitrogens is 2. The fourth-order valence-electron chi connectivity index (χ4n) is 3.19. The van der Waals surface area contributed by atoms with Gasteiger partial charge < -0.3 is 10.4 Å². The lowest BCUT2D eigenvalue weighted by Gasteiger charge is -2.21. The fraction of sp³-hybridized carbons (Fsp3) is 0.500. The number of aromatic carboxylic acids is 1. The highest BCUT2D eigenvalue weighted by atomic mass is 16.4. The maximum Gasteiger partial charge on any atom is 0.356 e. The molecule has 1 saturated carbocycles. The van der Waals surface area contributed by atoms with Gasteiger partial charge in [0.2, 0.25) is 0 Å². The van der Waals surface area contributed by atoms with Gasteiger partial charge in [0, 0.05) is 12.7 Å². The molecule has 0 atom stereocenters. The van der Waals surface area contributed by atoms with Crippen LogP contribution in [0.3, 0.4) is 0 Å². The number of carboxylic acids is 1. The number of nitrogens with zero attached hydrogens (tertiary/aromatic N) is 2. The van der Waals surface area contributed by atoms with Crippen LogP contribution in [0.4, 0.5) is 5.82 Å². The lowest BCUT2D eigenvalue weighted by molar-refractivity contribution is 0.0690. The monoisotopic (exact) mass is 287 g/mol. The van der Waals surface area contributed by atoms with Gasteiger partial charge in [-0.1, -0.05) is 38.2 Å². The molecule has 2 N–H and O–H groups in total. The number of anilines is 1. The molecule has 0 aliphatic heterocycles. The molecule has 0 bridgehead atoms. The van der Waals surface area contributed by atoms with E-state index in [1.54, 1.807) is 10.6 Å². The van der Waals surface area contributed by atoms with Crippen LogP contribution < -0.4 is 5.32 Å². The minimum atomic E-state index is -0.950. The molecule has 21 heavy (non-hydrogen) atoms. The average molecular weight is 287 g/mol. The molecule has 1 aliphatic rings. The molecule has 5 heteroatoms. The molecule has 2 aromatic rings. The first-order valence-electron chi connectivity index (χ1n) is 7.70. The first-order chi connectivity index (χ1) is 10.3. The Morgan fingerprint density at radius 2 is 2.14 bits per heavy atom. The number of hydrogen-bond donors (Lipinski definition) is 2. The minimum absolute atomic E-state index is 0.217. The second kappa shape index (κ2) is 6.16.